The highest BCUT2D eigenvalue weighted by Crippen LogP contribution is 1.84. The van der Waals surface area contributed by atoms with E-state index in [1.54, 1.807) is 4.90 Å². The number of nitrogens with zero attached hydrogens (tertiary/aromatic N) is 1. The van der Waals surface area contributed by atoms with Gasteiger partial charge in [0.05, 0.1) is 19.8 Å². The third kappa shape index (κ3) is 15.6. The Morgan fingerprint density at radius 1 is 0.769 bits per heavy atom. The summed E-state index contributed by atoms with van der Waals surface area (Å²) >= 11 is 0. The lowest BCUT2D eigenvalue weighted by molar-refractivity contribution is 0.136. The van der Waals surface area contributed by atoms with E-state index in [9.17, 15) is 0 Å². The second kappa shape index (κ2) is 18.6. The van der Waals surface area contributed by atoms with E-state index in [1.165, 1.54) is 0 Å². The van der Waals surface area contributed by atoms with Gasteiger partial charge in [-0.3, -0.25) is 4.90 Å². The third-order valence-corrected chi connectivity index (χ3v) is 1.25. The summed E-state index contributed by atoms with van der Waals surface area (Å²) < 4.78 is 0. The fourth-order valence-corrected chi connectivity index (χ4v) is 0.760. The summed E-state index contributed by atoms with van der Waals surface area (Å²) in [4.78, 5) is 1.79. The Bertz CT molecular complexity index is 67.4. The fraction of sp³-hybridized carbons (Fsp3) is 1.00. The topological polar surface area (TPSA) is 95.4 Å². The smallest absolute Gasteiger partial charge is 0.316 e. The van der Waals surface area contributed by atoms with Gasteiger partial charge < -0.3 is 20.8 Å². The number of aliphatic hydroxyl groups excluding tert-OH is 3. The van der Waals surface area contributed by atoms with Crippen LogP contribution >= 0.6 is 12.4 Å². The summed E-state index contributed by atoms with van der Waals surface area (Å²) in [5, 5.41) is 25.5. The van der Waals surface area contributed by atoms with Crippen molar-refractivity contribution in [3.8, 4) is 0 Å². The predicted octanol–water partition coefficient (Wildman–Crippen LogP) is -3.05. The molecular weight excluding hydrogens is 210 g/mol. The van der Waals surface area contributed by atoms with Crippen molar-refractivity contribution in [2.45, 2.75) is 0 Å². The molecule has 0 aliphatic heterocycles. The molecule has 0 amide bonds. The minimum atomic E-state index is 0. The van der Waals surface area contributed by atoms with E-state index in [0.717, 1.165) is 0 Å². The van der Waals surface area contributed by atoms with E-state index in [0.29, 0.717) is 19.6 Å². The van der Waals surface area contributed by atoms with Crippen molar-refractivity contribution in [1.82, 2.24) is 4.90 Å². The first-order valence-corrected chi connectivity index (χ1v) is 3.40. The Morgan fingerprint density at radius 3 is 1.15 bits per heavy atom. The van der Waals surface area contributed by atoms with Gasteiger partial charge in [0.2, 0.25) is 0 Å². The second-order valence-corrected chi connectivity index (χ2v) is 2.01. The maximum absolute atomic E-state index is 8.48. The van der Waals surface area contributed by atoms with Gasteiger partial charge in [-0.2, -0.15) is 0 Å². The van der Waals surface area contributed by atoms with Crippen molar-refractivity contribution < 1.29 is 20.8 Å². The van der Waals surface area contributed by atoms with Gasteiger partial charge in [-0.05, 0) is 0 Å². The summed E-state index contributed by atoms with van der Waals surface area (Å²) in [5.41, 5.74) is 0. The average molecular weight is 230 g/mol. The molecular formula is C6H20ClMgNO4. The minimum absolute atomic E-state index is 0. The molecule has 0 atom stereocenters. The molecule has 0 aromatic carbocycles. The standard InChI is InChI=1S/C6H15NO3.ClH.Mg.H2O.2H/c8-4-1-7(2-5-9)3-6-10;;;;;/h8-10H,1-6H2;1H;;1H2;;. The van der Waals surface area contributed by atoms with Gasteiger partial charge in [-0.15, -0.1) is 12.4 Å². The molecule has 0 bridgehead atoms. The van der Waals surface area contributed by atoms with E-state index in [-0.39, 0.29) is 60.8 Å². The Morgan fingerprint density at radius 2 is 1.00 bits per heavy atom. The Balaban J connectivity index is -0.000000135. The van der Waals surface area contributed by atoms with Crippen molar-refractivity contribution in [2.75, 3.05) is 39.5 Å². The number of halogens is 1. The quantitative estimate of drug-likeness (QED) is 0.422. The first kappa shape index (κ1) is 23.6. The van der Waals surface area contributed by atoms with Crippen LogP contribution in [0.3, 0.4) is 0 Å². The lowest BCUT2D eigenvalue weighted by Crippen LogP contribution is -2.32. The van der Waals surface area contributed by atoms with Gasteiger partial charge in [0.15, 0.2) is 0 Å². The van der Waals surface area contributed by atoms with Crippen molar-refractivity contribution in [1.29, 1.82) is 0 Å². The van der Waals surface area contributed by atoms with Crippen LogP contribution in [0.4, 0.5) is 0 Å². The first-order valence-electron chi connectivity index (χ1n) is 3.40. The monoisotopic (exact) mass is 229 g/mol. The number of hydrogen-bond donors (Lipinski definition) is 3. The van der Waals surface area contributed by atoms with Crippen LogP contribution in [-0.4, -0.2) is 88.2 Å². The van der Waals surface area contributed by atoms with Crippen LogP contribution in [0.1, 0.15) is 0 Å². The number of hydrogen-bond acceptors (Lipinski definition) is 4. The molecule has 0 aliphatic rings. The lowest BCUT2D eigenvalue weighted by atomic mass is 10.4. The van der Waals surface area contributed by atoms with E-state index in [1.807, 2.05) is 0 Å². The van der Waals surface area contributed by atoms with Gasteiger partial charge in [0.1, 0.15) is 0 Å². The molecule has 0 fully saturated rings. The van der Waals surface area contributed by atoms with Crippen LogP contribution < -0.4 is 0 Å². The molecule has 7 heteroatoms. The van der Waals surface area contributed by atoms with Gasteiger partial charge in [-0.25, -0.2) is 0 Å². The fourth-order valence-electron chi connectivity index (χ4n) is 0.760. The summed E-state index contributed by atoms with van der Waals surface area (Å²) in [6.45, 7) is 1.75. The van der Waals surface area contributed by atoms with E-state index in [2.05, 4.69) is 0 Å². The highest BCUT2D eigenvalue weighted by atomic mass is 35.5. The summed E-state index contributed by atoms with van der Waals surface area (Å²) in [7, 11) is 0. The average Bonchev–Trinajstić information content (AvgIpc) is 1.90. The second-order valence-electron chi connectivity index (χ2n) is 2.01. The van der Waals surface area contributed by atoms with Crippen LogP contribution in [0.5, 0.6) is 0 Å². The van der Waals surface area contributed by atoms with Gasteiger partial charge in [-0.1, -0.05) is 0 Å². The van der Waals surface area contributed by atoms with Gasteiger partial charge in [0.25, 0.3) is 0 Å². The van der Waals surface area contributed by atoms with Crippen LogP contribution in [0, 0.1) is 0 Å². The Hall–Kier alpha value is 0.856. The predicted molar refractivity (Wildman–Crippen MR) is 57.1 cm³/mol. The summed E-state index contributed by atoms with van der Waals surface area (Å²) in [6.07, 6.45) is 0. The van der Waals surface area contributed by atoms with E-state index < -0.39 is 0 Å². The Labute approximate surface area is 101 Å². The van der Waals surface area contributed by atoms with Crippen LogP contribution in [0.2, 0.25) is 0 Å². The maximum Gasteiger partial charge on any atom is 0.316 e. The van der Waals surface area contributed by atoms with Gasteiger partial charge >= 0.3 is 23.1 Å². The van der Waals surface area contributed by atoms with Gasteiger partial charge in [0, 0.05) is 19.6 Å². The third-order valence-electron chi connectivity index (χ3n) is 1.25. The molecule has 13 heavy (non-hydrogen) atoms. The minimum Gasteiger partial charge on any atom is -0.412 e. The van der Waals surface area contributed by atoms with Crippen LogP contribution in [0.15, 0.2) is 0 Å². The van der Waals surface area contributed by atoms with E-state index >= 15 is 0 Å². The molecule has 0 aromatic rings. The molecule has 0 saturated carbocycles. The molecule has 0 radical (unpaired) electrons. The zero-order valence-electron chi connectivity index (χ0n) is 6.94. The van der Waals surface area contributed by atoms with Crippen LogP contribution in [-0.2, 0) is 0 Å². The molecule has 0 aromatic heterocycles. The molecule has 82 valence electrons. The largest absolute Gasteiger partial charge is 0.412 e. The molecule has 5 N–H and O–H groups in total. The molecule has 0 heterocycles. The highest BCUT2D eigenvalue weighted by Gasteiger charge is 2.00. The SMILES string of the molecule is Cl.O.OCCN(CCO)CCO.[MgH2]. The zero-order valence-corrected chi connectivity index (χ0v) is 7.76. The lowest BCUT2D eigenvalue weighted by Gasteiger charge is -2.17. The first-order chi connectivity index (χ1) is 4.85. The maximum atomic E-state index is 8.48. The van der Waals surface area contributed by atoms with Crippen LogP contribution in [0.25, 0.3) is 0 Å². The summed E-state index contributed by atoms with van der Waals surface area (Å²) in [6, 6.07) is 0. The highest BCUT2D eigenvalue weighted by molar-refractivity contribution is 5.85. The summed E-state index contributed by atoms with van der Waals surface area (Å²) in [5.74, 6) is 0. The molecule has 0 aliphatic carbocycles. The molecule has 0 unspecified atom stereocenters. The molecule has 0 rings (SSSR count). The molecule has 0 saturated heterocycles. The van der Waals surface area contributed by atoms with Crippen molar-refractivity contribution in [2.24, 2.45) is 0 Å². The molecule has 0 spiro atoms. The normalized spacial score (nSPS) is 8.31. The van der Waals surface area contributed by atoms with E-state index in [4.69, 9.17) is 15.3 Å². The van der Waals surface area contributed by atoms with Crippen molar-refractivity contribution in [3.05, 3.63) is 0 Å². The zero-order chi connectivity index (χ0) is 7.82. The number of aliphatic hydroxyl groups is 3. The van der Waals surface area contributed by atoms with Crippen molar-refractivity contribution >= 4 is 35.5 Å². The molecule has 5 nitrogen and oxygen atoms in total. The Kier molecular flexibility index (Phi) is 33.7. The number of rotatable bonds is 6. The van der Waals surface area contributed by atoms with Crippen molar-refractivity contribution in [3.63, 3.8) is 0 Å².